The van der Waals surface area contributed by atoms with Gasteiger partial charge < -0.3 is 14.5 Å². The van der Waals surface area contributed by atoms with E-state index < -0.39 is 0 Å². The van der Waals surface area contributed by atoms with Gasteiger partial charge in [0.2, 0.25) is 5.88 Å². The summed E-state index contributed by atoms with van der Waals surface area (Å²) in [6.45, 7) is 6.00. The molecule has 7 heteroatoms. The largest absolute Gasteiger partial charge is 0.481 e. The van der Waals surface area contributed by atoms with Crippen molar-refractivity contribution in [1.82, 2.24) is 19.9 Å². The van der Waals surface area contributed by atoms with E-state index in [4.69, 9.17) is 4.74 Å². The van der Waals surface area contributed by atoms with Crippen LogP contribution in [0.3, 0.4) is 0 Å². The minimum atomic E-state index is 0.502. The number of anilines is 2. The van der Waals surface area contributed by atoms with Gasteiger partial charge in [0.1, 0.15) is 23.8 Å². The smallest absolute Gasteiger partial charge is 0.218 e. The van der Waals surface area contributed by atoms with Crippen LogP contribution in [-0.2, 0) is 0 Å². The van der Waals surface area contributed by atoms with E-state index >= 15 is 0 Å². The summed E-state index contributed by atoms with van der Waals surface area (Å²) < 4.78 is 5.29. The monoisotopic (exact) mass is 354 g/mol. The number of aryl methyl sites for hydroxylation is 2. The van der Waals surface area contributed by atoms with Crippen molar-refractivity contribution < 1.29 is 4.74 Å². The lowest BCUT2D eigenvalue weighted by atomic mass is 10.0. The van der Waals surface area contributed by atoms with E-state index in [2.05, 4.69) is 35.8 Å². The Labute approximate surface area is 154 Å². The van der Waals surface area contributed by atoms with E-state index in [1.165, 1.54) is 12.8 Å². The molecule has 26 heavy (non-hydrogen) atoms. The first-order valence-electron chi connectivity index (χ1n) is 9.35. The van der Waals surface area contributed by atoms with E-state index in [9.17, 15) is 0 Å². The van der Waals surface area contributed by atoms with Crippen LogP contribution in [0.1, 0.15) is 37.2 Å². The van der Waals surface area contributed by atoms with Crippen LogP contribution in [0.25, 0.3) is 0 Å². The second-order valence-electron chi connectivity index (χ2n) is 7.19. The molecule has 2 aliphatic rings. The van der Waals surface area contributed by atoms with Crippen molar-refractivity contribution in [3.8, 4) is 5.88 Å². The predicted octanol–water partition coefficient (Wildman–Crippen LogP) is 2.53. The topological polar surface area (TPSA) is 67.3 Å². The SMILES string of the molecule is COc1cc(N(C2CC2)C2CCN(c3cc(C)nc(C)n3)CC2)ncn1. The molecule has 0 N–H and O–H groups in total. The number of hydrogen-bond donors (Lipinski definition) is 0. The van der Waals surface area contributed by atoms with E-state index in [0.29, 0.717) is 18.0 Å². The molecule has 1 aliphatic heterocycles. The fourth-order valence-electron chi connectivity index (χ4n) is 3.84. The van der Waals surface area contributed by atoms with Gasteiger partial charge in [-0.15, -0.1) is 0 Å². The highest BCUT2D eigenvalue weighted by Gasteiger charge is 2.36. The van der Waals surface area contributed by atoms with Gasteiger partial charge in [-0.2, -0.15) is 0 Å². The highest BCUT2D eigenvalue weighted by Crippen LogP contribution is 2.36. The molecule has 3 heterocycles. The lowest BCUT2D eigenvalue weighted by molar-refractivity contribution is 0.395. The van der Waals surface area contributed by atoms with Gasteiger partial charge in [0.15, 0.2) is 0 Å². The van der Waals surface area contributed by atoms with Crippen LogP contribution < -0.4 is 14.5 Å². The molecule has 1 saturated heterocycles. The highest BCUT2D eigenvalue weighted by atomic mass is 16.5. The van der Waals surface area contributed by atoms with Gasteiger partial charge in [-0.05, 0) is 39.5 Å². The van der Waals surface area contributed by atoms with E-state index in [1.807, 2.05) is 19.9 Å². The average Bonchev–Trinajstić information content (AvgIpc) is 3.47. The number of ether oxygens (including phenoxy) is 1. The second kappa shape index (κ2) is 7.05. The molecule has 1 saturated carbocycles. The first-order chi connectivity index (χ1) is 12.6. The van der Waals surface area contributed by atoms with Crippen molar-refractivity contribution >= 4 is 11.6 Å². The normalized spacial score (nSPS) is 18.0. The zero-order valence-corrected chi connectivity index (χ0v) is 15.7. The first kappa shape index (κ1) is 17.0. The fourth-order valence-corrected chi connectivity index (χ4v) is 3.84. The summed E-state index contributed by atoms with van der Waals surface area (Å²) >= 11 is 0. The number of aromatic nitrogens is 4. The molecule has 0 amide bonds. The molecule has 7 nitrogen and oxygen atoms in total. The molecule has 0 unspecified atom stereocenters. The molecule has 1 aliphatic carbocycles. The maximum Gasteiger partial charge on any atom is 0.218 e. The van der Waals surface area contributed by atoms with Crippen LogP contribution in [-0.4, -0.2) is 52.2 Å². The third-order valence-corrected chi connectivity index (χ3v) is 5.18. The van der Waals surface area contributed by atoms with Crippen molar-refractivity contribution in [3.05, 3.63) is 30.0 Å². The van der Waals surface area contributed by atoms with E-state index in [0.717, 1.165) is 49.1 Å². The average molecular weight is 354 g/mol. The third-order valence-electron chi connectivity index (χ3n) is 5.18. The number of methoxy groups -OCH3 is 1. The molecular weight excluding hydrogens is 328 g/mol. The van der Waals surface area contributed by atoms with Gasteiger partial charge in [-0.1, -0.05) is 0 Å². The van der Waals surface area contributed by atoms with Crippen molar-refractivity contribution in [2.24, 2.45) is 0 Å². The Bertz CT molecular complexity index is 750. The number of piperidine rings is 1. The fraction of sp³-hybridized carbons (Fsp3) is 0.579. The van der Waals surface area contributed by atoms with E-state index in [-0.39, 0.29) is 0 Å². The summed E-state index contributed by atoms with van der Waals surface area (Å²) in [6.07, 6.45) is 6.30. The Morgan fingerprint density at radius 3 is 2.38 bits per heavy atom. The van der Waals surface area contributed by atoms with Gasteiger partial charge >= 0.3 is 0 Å². The Morgan fingerprint density at radius 1 is 1.00 bits per heavy atom. The molecule has 4 rings (SSSR count). The maximum absolute atomic E-state index is 5.29. The van der Waals surface area contributed by atoms with Crippen LogP contribution in [0.2, 0.25) is 0 Å². The number of rotatable bonds is 5. The van der Waals surface area contributed by atoms with Crippen molar-refractivity contribution in [2.75, 3.05) is 30.0 Å². The molecule has 0 aromatic carbocycles. The molecule has 138 valence electrons. The molecular formula is C19H26N6O. The van der Waals surface area contributed by atoms with Crippen LogP contribution in [0.15, 0.2) is 18.5 Å². The Hall–Kier alpha value is -2.44. The van der Waals surface area contributed by atoms with Gasteiger partial charge in [0, 0.05) is 43.0 Å². The summed E-state index contributed by atoms with van der Waals surface area (Å²) in [5.41, 5.74) is 1.03. The zero-order valence-electron chi connectivity index (χ0n) is 15.7. The zero-order chi connectivity index (χ0) is 18.1. The van der Waals surface area contributed by atoms with Gasteiger partial charge in [-0.3, -0.25) is 0 Å². The van der Waals surface area contributed by atoms with E-state index in [1.54, 1.807) is 13.4 Å². The molecule has 0 radical (unpaired) electrons. The predicted molar refractivity (Wildman–Crippen MR) is 101 cm³/mol. The Morgan fingerprint density at radius 2 is 1.73 bits per heavy atom. The van der Waals surface area contributed by atoms with Crippen molar-refractivity contribution in [3.63, 3.8) is 0 Å². The van der Waals surface area contributed by atoms with Gasteiger partial charge in [0.05, 0.1) is 7.11 Å². The number of nitrogens with zero attached hydrogens (tertiary/aromatic N) is 6. The molecule has 0 spiro atoms. The Kier molecular flexibility index (Phi) is 4.61. The molecule has 2 aromatic rings. The van der Waals surface area contributed by atoms with Gasteiger partial charge in [0.25, 0.3) is 0 Å². The van der Waals surface area contributed by atoms with Crippen molar-refractivity contribution in [2.45, 2.75) is 51.6 Å². The maximum atomic E-state index is 5.29. The highest BCUT2D eigenvalue weighted by molar-refractivity contribution is 5.46. The minimum Gasteiger partial charge on any atom is -0.481 e. The number of hydrogen-bond acceptors (Lipinski definition) is 7. The summed E-state index contributed by atoms with van der Waals surface area (Å²) in [7, 11) is 1.65. The van der Waals surface area contributed by atoms with Crippen LogP contribution in [0.5, 0.6) is 5.88 Å². The lowest BCUT2D eigenvalue weighted by Crippen LogP contribution is -2.46. The minimum absolute atomic E-state index is 0.502. The van der Waals surface area contributed by atoms with Crippen LogP contribution in [0, 0.1) is 13.8 Å². The van der Waals surface area contributed by atoms with Crippen LogP contribution in [0.4, 0.5) is 11.6 Å². The summed E-state index contributed by atoms with van der Waals surface area (Å²) in [5.74, 6) is 3.52. The summed E-state index contributed by atoms with van der Waals surface area (Å²) in [4.78, 5) is 22.6. The quantitative estimate of drug-likeness (QED) is 0.817. The molecule has 0 bridgehead atoms. The summed E-state index contributed by atoms with van der Waals surface area (Å²) in [5, 5.41) is 0. The van der Waals surface area contributed by atoms with Crippen LogP contribution >= 0.6 is 0 Å². The van der Waals surface area contributed by atoms with Gasteiger partial charge in [-0.25, -0.2) is 19.9 Å². The standard InChI is InChI=1S/C19H26N6O/c1-13-10-18(23-14(2)22-13)24-8-6-16(7-9-24)25(15-4-5-15)17-11-19(26-3)21-12-20-17/h10-12,15-16H,4-9H2,1-3H3. The molecule has 0 atom stereocenters. The lowest BCUT2D eigenvalue weighted by Gasteiger charge is -2.40. The third kappa shape index (κ3) is 3.57. The molecule has 2 fully saturated rings. The molecule has 2 aromatic heterocycles. The first-order valence-corrected chi connectivity index (χ1v) is 9.35. The van der Waals surface area contributed by atoms with Crippen molar-refractivity contribution in [1.29, 1.82) is 0 Å². The Balaban J connectivity index is 1.48. The second-order valence-corrected chi connectivity index (χ2v) is 7.19. The summed E-state index contributed by atoms with van der Waals surface area (Å²) in [6, 6.07) is 5.15.